The summed E-state index contributed by atoms with van der Waals surface area (Å²) in [6.07, 6.45) is 0.677. The van der Waals surface area contributed by atoms with Crippen LogP contribution in [0.15, 0.2) is 24.3 Å². The number of carboxylic acid groups (broad SMARTS) is 1. The molecule has 7 heteroatoms. The summed E-state index contributed by atoms with van der Waals surface area (Å²) >= 11 is 5.83. The van der Waals surface area contributed by atoms with Gasteiger partial charge in [-0.3, -0.25) is 9.59 Å². The van der Waals surface area contributed by atoms with Gasteiger partial charge in [0.1, 0.15) is 6.04 Å². The number of nitrogens with zero attached hydrogens (tertiary/aromatic N) is 1. The fourth-order valence-electron chi connectivity index (χ4n) is 1.88. The molecule has 122 valence electrons. The number of carbonyl (C=O) groups is 2. The van der Waals surface area contributed by atoms with Gasteiger partial charge in [0.25, 0.3) is 0 Å². The zero-order valence-corrected chi connectivity index (χ0v) is 13.6. The van der Waals surface area contributed by atoms with Crippen LogP contribution in [0, 0.1) is 0 Å². The van der Waals surface area contributed by atoms with Crippen molar-refractivity contribution in [2.45, 2.75) is 18.9 Å². The minimum atomic E-state index is -1.04. The van der Waals surface area contributed by atoms with Gasteiger partial charge in [0.05, 0.1) is 6.42 Å². The normalized spacial score (nSPS) is 12.2. The van der Waals surface area contributed by atoms with Crippen LogP contribution in [0.4, 0.5) is 5.69 Å². The second-order valence-electron chi connectivity index (χ2n) is 5.26. The molecule has 0 spiro atoms. The minimum absolute atomic E-state index is 0.135. The lowest BCUT2D eigenvalue weighted by atomic mass is 10.2. The molecule has 1 atom stereocenters. The number of carbonyl (C=O) groups excluding carboxylic acids is 1. The van der Waals surface area contributed by atoms with Crippen LogP contribution >= 0.6 is 11.6 Å². The fourth-order valence-corrected chi connectivity index (χ4v) is 2.07. The van der Waals surface area contributed by atoms with Crippen LogP contribution in [0.25, 0.3) is 0 Å². The molecular formula is C15H22ClN3O3. The monoisotopic (exact) mass is 327 g/mol. The predicted octanol–water partition coefficient (Wildman–Crippen LogP) is 1.66. The standard InChI is InChI=1S/C15H22ClN3O3/c1-19(2)8-4-7-17-13(15(21)22)10-14(20)18-12-6-3-5-11(16)9-12/h3,5-6,9,13,17H,4,7-8,10H2,1-2H3,(H,18,20)(H,21,22). The molecule has 6 nitrogen and oxygen atoms in total. The van der Waals surface area contributed by atoms with Crippen LogP contribution in [0.3, 0.4) is 0 Å². The SMILES string of the molecule is CN(C)CCCNC(CC(=O)Nc1cccc(Cl)c1)C(=O)O. The van der Waals surface area contributed by atoms with E-state index in [1.54, 1.807) is 24.3 Å². The molecular weight excluding hydrogens is 306 g/mol. The van der Waals surface area contributed by atoms with Crippen molar-refractivity contribution >= 4 is 29.2 Å². The Hall–Kier alpha value is -1.63. The Bertz CT molecular complexity index is 509. The van der Waals surface area contributed by atoms with Crippen molar-refractivity contribution in [3.8, 4) is 0 Å². The third-order valence-electron chi connectivity index (χ3n) is 2.97. The molecule has 0 aliphatic heterocycles. The van der Waals surface area contributed by atoms with Gasteiger partial charge in [0.2, 0.25) is 5.91 Å². The number of hydrogen-bond acceptors (Lipinski definition) is 4. The highest BCUT2D eigenvalue weighted by Gasteiger charge is 2.20. The molecule has 0 saturated heterocycles. The van der Waals surface area contributed by atoms with Gasteiger partial charge in [0, 0.05) is 10.7 Å². The number of anilines is 1. The van der Waals surface area contributed by atoms with Crippen molar-refractivity contribution in [3.05, 3.63) is 29.3 Å². The fraction of sp³-hybridized carbons (Fsp3) is 0.467. The maximum Gasteiger partial charge on any atom is 0.321 e. The van der Waals surface area contributed by atoms with E-state index in [1.807, 2.05) is 19.0 Å². The summed E-state index contributed by atoms with van der Waals surface area (Å²) in [5.74, 6) is -1.40. The zero-order chi connectivity index (χ0) is 16.5. The van der Waals surface area contributed by atoms with Gasteiger partial charge < -0.3 is 20.6 Å². The number of nitrogens with one attached hydrogen (secondary N) is 2. The Kier molecular flexibility index (Phi) is 7.87. The van der Waals surface area contributed by atoms with Crippen LogP contribution < -0.4 is 10.6 Å². The van der Waals surface area contributed by atoms with Gasteiger partial charge in [-0.15, -0.1) is 0 Å². The lowest BCUT2D eigenvalue weighted by Crippen LogP contribution is -2.40. The first-order chi connectivity index (χ1) is 10.4. The summed E-state index contributed by atoms with van der Waals surface area (Å²) in [5.41, 5.74) is 0.550. The molecule has 1 unspecified atom stereocenters. The lowest BCUT2D eigenvalue weighted by Gasteiger charge is -2.15. The molecule has 22 heavy (non-hydrogen) atoms. The molecule has 0 bridgehead atoms. The smallest absolute Gasteiger partial charge is 0.321 e. The summed E-state index contributed by atoms with van der Waals surface area (Å²) in [4.78, 5) is 25.1. The van der Waals surface area contributed by atoms with Crippen LogP contribution in [-0.2, 0) is 9.59 Å². The van der Waals surface area contributed by atoms with Crippen molar-refractivity contribution < 1.29 is 14.7 Å². The number of carboxylic acids is 1. The molecule has 0 fully saturated rings. The highest BCUT2D eigenvalue weighted by molar-refractivity contribution is 6.30. The van der Waals surface area contributed by atoms with E-state index in [4.69, 9.17) is 16.7 Å². The number of amides is 1. The van der Waals surface area contributed by atoms with Crippen molar-refractivity contribution in [3.63, 3.8) is 0 Å². The molecule has 1 amide bonds. The van der Waals surface area contributed by atoms with Gasteiger partial charge >= 0.3 is 5.97 Å². The third kappa shape index (κ3) is 7.40. The van der Waals surface area contributed by atoms with E-state index in [9.17, 15) is 9.59 Å². The molecule has 1 rings (SSSR count). The Morgan fingerprint density at radius 1 is 1.36 bits per heavy atom. The van der Waals surface area contributed by atoms with E-state index in [1.165, 1.54) is 0 Å². The van der Waals surface area contributed by atoms with Crippen molar-refractivity contribution in [1.82, 2.24) is 10.2 Å². The molecule has 3 N–H and O–H groups in total. The average Bonchev–Trinajstić information content (AvgIpc) is 2.41. The second-order valence-corrected chi connectivity index (χ2v) is 5.70. The van der Waals surface area contributed by atoms with E-state index in [0.717, 1.165) is 13.0 Å². The van der Waals surface area contributed by atoms with Crippen LogP contribution in [-0.4, -0.2) is 55.1 Å². The van der Waals surface area contributed by atoms with Crippen molar-refractivity contribution in [2.75, 3.05) is 32.5 Å². The number of benzene rings is 1. The third-order valence-corrected chi connectivity index (χ3v) is 3.20. The van der Waals surface area contributed by atoms with E-state index in [-0.39, 0.29) is 12.3 Å². The maximum absolute atomic E-state index is 11.9. The Morgan fingerprint density at radius 3 is 2.68 bits per heavy atom. The molecule has 0 aliphatic carbocycles. The Labute approximate surface area is 135 Å². The first-order valence-electron chi connectivity index (χ1n) is 7.05. The summed E-state index contributed by atoms with van der Waals surface area (Å²) in [6, 6.07) is 5.82. The van der Waals surface area contributed by atoms with Gasteiger partial charge in [-0.25, -0.2) is 0 Å². The van der Waals surface area contributed by atoms with Gasteiger partial charge in [-0.2, -0.15) is 0 Å². The van der Waals surface area contributed by atoms with Crippen molar-refractivity contribution in [2.24, 2.45) is 0 Å². The average molecular weight is 328 g/mol. The highest BCUT2D eigenvalue weighted by Crippen LogP contribution is 2.15. The van der Waals surface area contributed by atoms with Crippen molar-refractivity contribution in [1.29, 1.82) is 0 Å². The summed E-state index contributed by atoms with van der Waals surface area (Å²) in [7, 11) is 3.90. The number of aliphatic carboxylic acids is 1. The molecule has 0 aromatic heterocycles. The van der Waals surface area contributed by atoms with Gasteiger partial charge in [-0.1, -0.05) is 17.7 Å². The first kappa shape index (κ1) is 18.4. The quantitative estimate of drug-likeness (QED) is 0.601. The summed E-state index contributed by atoms with van der Waals surface area (Å²) in [6.45, 7) is 1.40. The van der Waals surface area contributed by atoms with E-state index in [0.29, 0.717) is 17.3 Å². The molecule has 0 aliphatic rings. The molecule has 1 aromatic carbocycles. The van der Waals surface area contributed by atoms with E-state index in [2.05, 4.69) is 10.6 Å². The molecule has 0 saturated carbocycles. The Morgan fingerprint density at radius 2 is 2.09 bits per heavy atom. The molecule has 0 radical (unpaired) electrons. The molecule has 0 heterocycles. The summed E-state index contributed by atoms with van der Waals surface area (Å²) in [5, 5.41) is 15.2. The largest absolute Gasteiger partial charge is 0.480 e. The first-order valence-corrected chi connectivity index (χ1v) is 7.42. The van der Waals surface area contributed by atoms with Crippen LogP contribution in [0.5, 0.6) is 0 Å². The second kappa shape index (κ2) is 9.40. The topological polar surface area (TPSA) is 81.7 Å². The number of halogens is 1. The number of hydrogen-bond donors (Lipinski definition) is 3. The van der Waals surface area contributed by atoms with Crippen LogP contribution in [0.1, 0.15) is 12.8 Å². The highest BCUT2D eigenvalue weighted by atomic mass is 35.5. The van der Waals surface area contributed by atoms with Gasteiger partial charge in [-0.05, 0) is 51.8 Å². The Balaban J connectivity index is 2.45. The zero-order valence-electron chi connectivity index (χ0n) is 12.8. The van der Waals surface area contributed by atoms with E-state index >= 15 is 0 Å². The summed E-state index contributed by atoms with van der Waals surface area (Å²) < 4.78 is 0. The minimum Gasteiger partial charge on any atom is -0.480 e. The molecule has 1 aromatic rings. The maximum atomic E-state index is 11.9. The lowest BCUT2D eigenvalue weighted by molar-refractivity contribution is -0.141. The van der Waals surface area contributed by atoms with E-state index < -0.39 is 12.0 Å². The van der Waals surface area contributed by atoms with Crippen LogP contribution in [0.2, 0.25) is 5.02 Å². The number of rotatable bonds is 9. The predicted molar refractivity (Wildman–Crippen MR) is 87.3 cm³/mol. The van der Waals surface area contributed by atoms with Gasteiger partial charge in [0.15, 0.2) is 0 Å².